The van der Waals surface area contributed by atoms with Crippen LogP contribution in [0.2, 0.25) is 0 Å². The number of ketones is 2. The minimum atomic E-state index is -1.37. The fourth-order valence-electron chi connectivity index (χ4n) is 4.63. The smallest absolute Gasteiger partial charge is 0.338 e. The molecule has 39 heavy (non-hydrogen) atoms. The van der Waals surface area contributed by atoms with E-state index >= 15 is 0 Å². The zero-order chi connectivity index (χ0) is 28.1. The lowest BCUT2D eigenvalue weighted by molar-refractivity contribution is -0.137. The van der Waals surface area contributed by atoms with Crippen LogP contribution in [-0.2, 0) is 9.53 Å². The van der Waals surface area contributed by atoms with Crippen molar-refractivity contribution in [3.63, 3.8) is 0 Å². The Kier molecular flexibility index (Phi) is 8.10. The van der Waals surface area contributed by atoms with Gasteiger partial charge in [0.15, 0.2) is 11.6 Å². The average molecular weight is 529 g/mol. The van der Waals surface area contributed by atoms with Gasteiger partial charge in [0.1, 0.15) is 5.75 Å². The number of carboxylic acids is 1. The van der Waals surface area contributed by atoms with Gasteiger partial charge in [-0.05, 0) is 43.4 Å². The highest BCUT2D eigenvalue weighted by molar-refractivity contribution is 6.34. The zero-order valence-electron chi connectivity index (χ0n) is 21.2. The van der Waals surface area contributed by atoms with E-state index in [-0.39, 0.29) is 44.8 Å². The summed E-state index contributed by atoms with van der Waals surface area (Å²) in [6.07, 6.45) is 4.47. The number of ether oxygens (including phenoxy) is 2. The number of carbonyl (C=O) groups excluding carboxylic acids is 3. The first kappa shape index (κ1) is 27.1. The Morgan fingerprint density at radius 3 is 1.92 bits per heavy atom. The first-order valence-corrected chi connectivity index (χ1v) is 12.4. The van der Waals surface area contributed by atoms with Gasteiger partial charge in [-0.1, -0.05) is 43.0 Å². The molecule has 200 valence electrons. The van der Waals surface area contributed by atoms with Crippen molar-refractivity contribution < 1.29 is 33.8 Å². The van der Waals surface area contributed by atoms with Crippen LogP contribution in [0.25, 0.3) is 11.1 Å². The highest BCUT2D eigenvalue weighted by Crippen LogP contribution is 2.43. The minimum Gasteiger partial charge on any atom is -0.494 e. The molecule has 0 amide bonds. The molecular weight excluding hydrogens is 500 g/mol. The molecule has 1 aliphatic carbocycles. The van der Waals surface area contributed by atoms with Gasteiger partial charge in [-0.25, -0.2) is 9.59 Å². The second-order valence-corrected chi connectivity index (χ2v) is 9.00. The molecule has 0 spiro atoms. The monoisotopic (exact) mass is 528 g/mol. The van der Waals surface area contributed by atoms with Gasteiger partial charge in [-0.2, -0.15) is 0 Å². The molecule has 3 aromatic rings. The summed E-state index contributed by atoms with van der Waals surface area (Å²) in [6.45, 7) is 4.17. The molecule has 9 heteroatoms. The second-order valence-electron chi connectivity index (χ2n) is 9.00. The van der Waals surface area contributed by atoms with Gasteiger partial charge in [0.25, 0.3) is 0 Å². The molecule has 0 saturated carbocycles. The van der Waals surface area contributed by atoms with Crippen molar-refractivity contribution in [1.82, 2.24) is 0 Å². The summed E-state index contributed by atoms with van der Waals surface area (Å²) >= 11 is 0. The SMILES string of the molecule is C=CC(=O)OCCCCCCOc1ccc(-c2c(N)c3c(c(N)c2C(=O)O)C(=O)c2ccccc2C3=O)cc1. The summed E-state index contributed by atoms with van der Waals surface area (Å²) in [6, 6.07) is 12.9. The predicted molar refractivity (Wildman–Crippen MR) is 146 cm³/mol. The van der Waals surface area contributed by atoms with E-state index < -0.39 is 23.5 Å². The second kappa shape index (κ2) is 11.6. The van der Waals surface area contributed by atoms with Gasteiger partial charge in [-0.3, -0.25) is 9.59 Å². The van der Waals surface area contributed by atoms with Gasteiger partial charge < -0.3 is 26.0 Å². The van der Waals surface area contributed by atoms with Crippen LogP contribution in [0.3, 0.4) is 0 Å². The summed E-state index contributed by atoms with van der Waals surface area (Å²) in [4.78, 5) is 49.8. The van der Waals surface area contributed by atoms with E-state index in [0.29, 0.717) is 24.5 Å². The van der Waals surface area contributed by atoms with E-state index in [1.807, 2.05) is 0 Å². The predicted octanol–water partition coefficient (Wildman–Crippen LogP) is 4.66. The Labute approximate surface area is 225 Å². The lowest BCUT2D eigenvalue weighted by Crippen LogP contribution is -2.26. The fourth-order valence-corrected chi connectivity index (χ4v) is 4.63. The Balaban J connectivity index is 1.53. The standard InChI is InChI=1S/C30H28N2O7/c1-2-21(33)39-16-8-4-3-7-15-38-18-13-11-17(12-14-18)22-25(30(36)37)27(32)24-23(26(22)31)28(34)19-9-5-6-10-20(19)29(24)35/h2,5-6,9-14H,1,3-4,7-8,15-16,31-32H2,(H,36,37). The molecular formula is C30H28N2O7. The maximum Gasteiger partial charge on any atom is 0.338 e. The number of rotatable bonds is 11. The minimum absolute atomic E-state index is 0.0722. The number of aromatic carboxylic acids is 1. The molecule has 0 unspecified atom stereocenters. The van der Waals surface area contributed by atoms with Crippen LogP contribution in [0.1, 0.15) is 67.9 Å². The molecule has 0 atom stereocenters. The van der Waals surface area contributed by atoms with Crippen molar-refractivity contribution in [2.24, 2.45) is 0 Å². The maximum atomic E-state index is 13.3. The van der Waals surface area contributed by atoms with E-state index in [1.54, 1.807) is 36.4 Å². The molecule has 5 N–H and O–H groups in total. The van der Waals surface area contributed by atoms with Crippen molar-refractivity contribution in [1.29, 1.82) is 0 Å². The number of hydrogen-bond acceptors (Lipinski definition) is 8. The van der Waals surface area contributed by atoms with Crippen LogP contribution in [0, 0.1) is 0 Å². The third kappa shape index (κ3) is 5.38. The van der Waals surface area contributed by atoms with Crippen LogP contribution < -0.4 is 16.2 Å². The molecule has 3 aromatic carbocycles. The Hall–Kier alpha value is -4.92. The molecule has 0 aliphatic heterocycles. The van der Waals surface area contributed by atoms with E-state index in [4.69, 9.17) is 20.9 Å². The highest BCUT2D eigenvalue weighted by atomic mass is 16.5. The number of nitrogens with two attached hydrogens (primary N) is 2. The number of hydrogen-bond donors (Lipinski definition) is 3. The fraction of sp³-hybridized carbons (Fsp3) is 0.200. The first-order chi connectivity index (χ1) is 18.8. The molecule has 0 fully saturated rings. The van der Waals surface area contributed by atoms with Gasteiger partial charge in [0.05, 0.1) is 41.3 Å². The summed E-state index contributed by atoms with van der Waals surface area (Å²) in [7, 11) is 0. The third-order valence-electron chi connectivity index (χ3n) is 6.52. The van der Waals surface area contributed by atoms with E-state index in [9.17, 15) is 24.3 Å². The number of anilines is 2. The van der Waals surface area contributed by atoms with Crippen molar-refractivity contribution in [2.45, 2.75) is 25.7 Å². The number of esters is 1. The molecule has 0 aromatic heterocycles. The van der Waals surface area contributed by atoms with Gasteiger partial charge in [0.2, 0.25) is 0 Å². The van der Waals surface area contributed by atoms with E-state index in [1.165, 1.54) is 12.1 Å². The number of benzene rings is 3. The van der Waals surface area contributed by atoms with Gasteiger partial charge in [0, 0.05) is 22.8 Å². The number of unbranched alkanes of at least 4 members (excludes halogenated alkanes) is 3. The summed E-state index contributed by atoms with van der Waals surface area (Å²) in [5.41, 5.74) is 12.5. The van der Waals surface area contributed by atoms with Gasteiger partial charge >= 0.3 is 11.9 Å². The van der Waals surface area contributed by atoms with Crippen LogP contribution >= 0.6 is 0 Å². The number of fused-ring (bicyclic) bond motifs is 2. The molecule has 0 saturated heterocycles. The Bertz CT molecular complexity index is 1480. The number of carboxylic acid groups (broad SMARTS) is 1. The largest absolute Gasteiger partial charge is 0.494 e. The third-order valence-corrected chi connectivity index (χ3v) is 6.52. The van der Waals surface area contributed by atoms with Crippen molar-refractivity contribution in [3.05, 3.63) is 89.0 Å². The van der Waals surface area contributed by atoms with E-state index in [2.05, 4.69) is 6.58 Å². The first-order valence-electron chi connectivity index (χ1n) is 12.4. The van der Waals surface area contributed by atoms with Crippen LogP contribution in [0.5, 0.6) is 5.75 Å². The lowest BCUT2D eigenvalue weighted by Gasteiger charge is -2.24. The van der Waals surface area contributed by atoms with Crippen LogP contribution in [0.4, 0.5) is 11.4 Å². The molecule has 0 radical (unpaired) electrons. The normalized spacial score (nSPS) is 11.9. The topological polar surface area (TPSA) is 159 Å². The summed E-state index contributed by atoms with van der Waals surface area (Å²) in [5, 5.41) is 10.0. The van der Waals surface area contributed by atoms with Gasteiger partial charge in [-0.15, -0.1) is 0 Å². The van der Waals surface area contributed by atoms with Crippen molar-refractivity contribution >= 4 is 34.9 Å². The maximum absolute atomic E-state index is 13.3. The van der Waals surface area contributed by atoms with E-state index in [0.717, 1.165) is 31.8 Å². The highest BCUT2D eigenvalue weighted by Gasteiger charge is 2.37. The number of carbonyl (C=O) groups is 4. The molecule has 0 bridgehead atoms. The Morgan fingerprint density at radius 2 is 1.36 bits per heavy atom. The molecule has 1 aliphatic rings. The van der Waals surface area contributed by atoms with Crippen LogP contribution in [-0.4, -0.2) is 41.8 Å². The zero-order valence-corrected chi connectivity index (χ0v) is 21.2. The van der Waals surface area contributed by atoms with Crippen molar-refractivity contribution in [2.75, 3.05) is 24.7 Å². The molecule has 0 heterocycles. The molecule has 4 rings (SSSR count). The summed E-state index contributed by atoms with van der Waals surface area (Å²) in [5.74, 6) is -2.25. The Morgan fingerprint density at radius 1 is 0.795 bits per heavy atom. The molecule has 9 nitrogen and oxygen atoms in total. The van der Waals surface area contributed by atoms with Crippen molar-refractivity contribution in [3.8, 4) is 16.9 Å². The average Bonchev–Trinajstić information content (AvgIpc) is 2.94. The summed E-state index contributed by atoms with van der Waals surface area (Å²) < 4.78 is 10.7. The number of nitrogen functional groups attached to an aromatic ring is 2. The lowest BCUT2D eigenvalue weighted by atomic mass is 9.78. The quantitative estimate of drug-likeness (QED) is 0.109. The van der Waals surface area contributed by atoms with Crippen LogP contribution in [0.15, 0.2) is 61.2 Å².